The van der Waals surface area contributed by atoms with Gasteiger partial charge in [0, 0.05) is 19.2 Å². The first kappa shape index (κ1) is 11.9. The fraction of sp³-hybridized carbons (Fsp3) is 0.154. The Labute approximate surface area is 114 Å². The number of rotatable bonds is 2. The molecule has 0 fully saturated rings. The van der Waals surface area contributed by atoms with Crippen LogP contribution in [0.2, 0.25) is 5.15 Å². The van der Waals surface area contributed by atoms with E-state index in [0.29, 0.717) is 18.9 Å². The van der Waals surface area contributed by atoms with Crippen molar-refractivity contribution in [3.8, 4) is 0 Å². The van der Waals surface area contributed by atoms with Crippen molar-refractivity contribution in [2.24, 2.45) is 0 Å². The number of hydrogen-bond donors (Lipinski definition) is 0. The van der Waals surface area contributed by atoms with Crippen LogP contribution < -0.4 is 4.90 Å². The Bertz CT molecular complexity index is 635. The van der Waals surface area contributed by atoms with Gasteiger partial charge in [-0.15, -0.1) is 0 Å². The molecule has 2 heterocycles. The summed E-state index contributed by atoms with van der Waals surface area (Å²) in [5, 5.41) is 11.3. The van der Waals surface area contributed by atoms with E-state index in [0.717, 1.165) is 0 Å². The number of anilines is 1. The quantitative estimate of drug-likeness (QED) is 0.480. The maximum atomic E-state index is 11.1. The topological polar surface area (TPSA) is 59.3 Å². The first-order chi connectivity index (χ1) is 9.15. The van der Waals surface area contributed by atoms with E-state index in [2.05, 4.69) is 4.98 Å². The Morgan fingerprint density at radius 3 is 2.37 bits per heavy atom. The monoisotopic (exact) mass is 275 g/mol. The highest BCUT2D eigenvalue weighted by Gasteiger charge is 2.26. The minimum absolute atomic E-state index is 0.0165. The zero-order chi connectivity index (χ0) is 13.4. The zero-order valence-electron chi connectivity index (χ0n) is 9.91. The van der Waals surface area contributed by atoms with Crippen LogP contribution in [0.4, 0.5) is 11.5 Å². The second-order valence-electron chi connectivity index (χ2n) is 4.36. The summed E-state index contributed by atoms with van der Waals surface area (Å²) in [6.45, 7) is 1.23. The average molecular weight is 276 g/mol. The molecule has 1 aliphatic heterocycles. The largest absolute Gasteiger partial charge is 0.342 e. The van der Waals surface area contributed by atoms with Gasteiger partial charge in [-0.05, 0) is 17.2 Å². The molecular weight excluding hydrogens is 266 g/mol. The predicted molar refractivity (Wildman–Crippen MR) is 72.2 cm³/mol. The molecule has 0 spiro atoms. The summed E-state index contributed by atoms with van der Waals surface area (Å²) in [6, 6.07) is 10.8. The van der Waals surface area contributed by atoms with Crippen molar-refractivity contribution >= 4 is 23.1 Å². The molecule has 6 heteroatoms. The second-order valence-corrected chi connectivity index (χ2v) is 4.75. The number of pyridine rings is 1. The summed E-state index contributed by atoms with van der Waals surface area (Å²) >= 11 is 5.85. The van der Waals surface area contributed by atoms with Gasteiger partial charge in [0.1, 0.15) is 5.15 Å². The van der Waals surface area contributed by atoms with Gasteiger partial charge in [0.05, 0.1) is 4.92 Å². The van der Waals surface area contributed by atoms with Gasteiger partial charge in [-0.3, -0.25) is 10.1 Å². The summed E-state index contributed by atoms with van der Waals surface area (Å²) in [6.07, 6.45) is 0. The van der Waals surface area contributed by atoms with Gasteiger partial charge in [-0.2, -0.15) is 0 Å². The molecule has 3 rings (SSSR count). The van der Waals surface area contributed by atoms with Crippen molar-refractivity contribution in [2.45, 2.75) is 13.1 Å². The van der Waals surface area contributed by atoms with Crippen LogP contribution in [0.15, 0.2) is 36.4 Å². The standard InChI is InChI=1S/C13H10ClN3O2/c14-12-6-5-11(17(18)19)13(15-12)16-7-9-3-1-2-4-10(9)8-16/h1-6H,7-8H2. The molecule has 0 aliphatic carbocycles. The van der Waals surface area contributed by atoms with Crippen molar-refractivity contribution in [1.29, 1.82) is 0 Å². The maximum Gasteiger partial charge on any atom is 0.311 e. The van der Waals surface area contributed by atoms with Crippen LogP contribution >= 0.6 is 11.6 Å². The van der Waals surface area contributed by atoms with Gasteiger partial charge in [0.2, 0.25) is 5.82 Å². The van der Waals surface area contributed by atoms with Gasteiger partial charge in [-0.1, -0.05) is 35.9 Å². The van der Waals surface area contributed by atoms with Gasteiger partial charge >= 0.3 is 5.69 Å². The third-order valence-corrected chi connectivity index (χ3v) is 3.37. The molecule has 96 valence electrons. The molecular formula is C13H10ClN3O2. The van der Waals surface area contributed by atoms with Crippen LogP contribution in [0.3, 0.4) is 0 Å². The smallest absolute Gasteiger partial charge is 0.311 e. The van der Waals surface area contributed by atoms with Crippen molar-refractivity contribution in [3.05, 3.63) is 62.8 Å². The number of hydrogen-bond acceptors (Lipinski definition) is 4. The Hall–Kier alpha value is -2.14. The Morgan fingerprint density at radius 2 is 1.79 bits per heavy atom. The SMILES string of the molecule is O=[N+]([O-])c1ccc(Cl)nc1N1Cc2ccccc2C1. The average Bonchev–Trinajstić information content (AvgIpc) is 2.81. The van der Waals surface area contributed by atoms with E-state index in [4.69, 9.17) is 11.6 Å². The predicted octanol–water partition coefficient (Wildman–Crippen LogP) is 3.16. The minimum atomic E-state index is -0.429. The van der Waals surface area contributed by atoms with Crippen LogP contribution in [-0.2, 0) is 13.1 Å². The number of aromatic nitrogens is 1. The van der Waals surface area contributed by atoms with E-state index in [1.54, 1.807) is 0 Å². The number of nitro groups is 1. The number of halogens is 1. The summed E-state index contributed by atoms with van der Waals surface area (Å²) in [7, 11) is 0. The molecule has 0 bridgehead atoms. The van der Waals surface area contributed by atoms with Crippen LogP contribution in [0.5, 0.6) is 0 Å². The first-order valence-corrected chi connectivity index (χ1v) is 6.15. The highest BCUT2D eigenvalue weighted by Crippen LogP contribution is 2.33. The molecule has 1 aliphatic rings. The van der Waals surface area contributed by atoms with E-state index in [9.17, 15) is 10.1 Å². The molecule has 0 saturated carbocycles. The molecule has 1 aromatic heterocycles. The van der Waals surface area contributed by atoms with Crippen LogP contribution in [0.1, 0.15) is 11.1 Å². The molecule has 5 nitrogen and oxygen atoms in total. The van der Waals surface area contributed by atoms with Gasteiger partial charge < -0.3 is 4.90 Å². The van der Waals surface area contributed by atoms with Crippen LogP contribution in [0.25, 0.3) is 0 Å². The maximum absolute atomic E-state index is 11.1. The Balaban J connectivity index is 2.01. The fourth-order valence-electron chi connectivity index (χ4n) is 2.28. The lowest BCUT2D eigenvalue weighted by atomic mass is 10.1. The molecule has 0 atom stereocenters. The molecule has 0 N–H and O–H groups in total. The summed E-state index contributed by atoms with van der Waals surface area (Å²) in [5.41, 5.74) is 2.31. The lowest BCUT2D eigenvalue weighted by Crippen LogP contribution is -2.17. The van der Waals surface area contributed by atoms with E-state index < -0.39 is 4.92 Å². The second kappa shape index (κ2) is 4.51. The summed E-state index contributed by atoms with van der Waals surface area (Å²) in [4.78, 5) is 16.6. The van der Waals surface area contributed by atoms with Crippen LogP contribution in [0, 0.1) is 10.1 Å². The normalized spacial score (nSPS) is 13.4. The lowest BCUT2D eigenvalue weighted by Gasteiger charge is -2.16. The lowest BCUT2D eigenvalue weighted by molar-refractivity contribution is -0.384. The highest BCUT2D eigenvalue weighted by atomic mass is 35.5. The van der Waals surface area contributed by atoms with Crippen molar-refractivity contribution in [1.82, 2.24) is 4.98 Å². The first-order valence-electron chi connectivity index (χ1n) is 5.78. The molecule has 1 aromatic carbocycles. The van der Waals surface area contributed by atoms with Crippen LogP contribution in [-0.4, -0.2) is 9.91 Å². The molecule has 2 aromatic rings. The molecule has 0 saturated heterocycles. The number of nitrogens with zero attached hydrogens (tertiary/aromatic N) is 3. The Kier molecular flexibility index (Phi) is 2.83. The van der Waals surface area contributed by atoms with Gasteiger partial charge in [0.15, 0.2) is 0 Å². The van der Waals surface area contributed by atoms with Crippen molar-refractivity contribution in [3.63, 3.8) is 0 Å². The minimum Gasteiger partial charge on any atom is -0.342 e. The van der Waals surface area contributed by atoms with Gasteiger partial charge in [-0.25, -0.2) is 4.98 Å². The third kappa shape index (κ3) is 2.13. The molecule has 0 amide bonds. The molecule has 0 unspecified atom stereocenters. The van der Waals surface area contributed by atoms with E-state index in [1.165, 1.54) is 23.3 Å². The number of benzene rings is 1. The fourth-order valence-corrected chi connectivity index (χ4v) is 2.42. The third-order valence-electron chi connectivity index (χ3n) is 3.16. The Morgan fingerprint density at radius 1 is 1.16 bits per heavy atom. The van der Waals surface area contributed by atoms with E-state index >= 15 is 0 Å². The summed E-state index contributed by atoms with van der Waals surface area (Å²) in [5.74, 6) is 0.328. The zero-order valence-corrected chi connectivity index (χ0v) is 10.7. The van der Waals surface area contributed by atoms with Crippen molar-refractivity contribution in [2.75, 3.05) is 4.90 Å². The molecule has 19 heavy (non-hydrogen) atoms. The summed E-state index contributed by atoms with van der Waals surface area (Å²) < 4.78 is 0. The van der Waals surface area contributed by atoms with Gasteiger partial charge in [0.25, 0.3) is 0 Å². The van der Waals surface area contributed by atoms with Crippen molar-refractivity contribution < 1.29 is 4.92 Å². The molecule has 0 radical (unpaired) electrons. The van der Waals surface area contributed by atoms with E-state index in [-0.39, 0.29) is 10.8 Å². The van der Waals surface area contributed by atoms with E-state index in [1.807, 2.05) is 29.2 Å². The number of fused-ring (bicyclic) bond motifs is 1. The highest BCUT2D eigenvalue weighted by molar-refractivity contribution is 6.29.